The van der Waals surface area contributed by atoms with Crippen LogP contribution in [0.2, 0.25) is 0 Å². The first kappa shape index (κ1) is 11.9. The number of hydrogen-bond acceptors (Lipinski definition) is 4. The summed E-state index contributed by atoms with van der Waals surface area (Å²) in [5.41, 5.74) is -0.575. The molecule has 4 nitrogen and oxygen atoms in total. The number of carbonyl (C=O) groups excluding carboxylic acids is 2. The molecule has 0 saturated carbocycles. The summed E-state index contributed by atoms with van der Waals surface area (Å²) in [6.07, 6.45) is -0.816. The van der Waals surface area contributed by atoms with Crippen LogP contribution in [-0.4, -0.2) is 18.2 Å². The fourth-order valence-corrected chi connectivity index (χ4v) is 0.585. The predicted molar refractivity (Wildman–Crippen MR) is 46.8 cm³/mol. The summed E-state index contributed by atoms with van der Waals surface area (Å²) in [6, 6.07) is 0. The van der Waals surface area contributed by atoms with Crippen LogP contribution < -0.4 is 0 Å². The van der Waals surface area contributed by atoms with Gasteiger partial charge in [-0.05, 0) is 20.8 Å². The van der Waals surface area contributed by atoms with Crippen molar-refractivity contribution in [2.45, 2.75) is 40.9 Å². The smallest absolute Gasteiger partial charge is 0.314 e. The fraction of sp³-hybridized carbons (Fsp3) is 0.778. The van der Waals surface area contributed by atoms with Crippen LogP contribution in [0.3, 0.4) is 0 Å². The zero-order chi connectivity index (χ0) is 10.6. The van der Waals surface area contributed by atoms with Crippen molar-refractivity contribution in [1.29, 1.82) is 0 Å². The van der Waals surface area contributed by atoms with E-state index in [1.165, 1.54) is 13.8 Å². The highest BCUT2D eigenvalue weighted by atomic mass is 16.7. The first-order valence-electron chi connectivity index (χ1n) is 4.12. The summed E-state index contributed by atoms with van der Waals surface area (Å²) < 4.78 is 9.48. The number of ether oxygens (including phenoxy) is 2. The number of esters is 2. The van der Waals surface area contributed by atoms with Gasteiger partial charge in [0.15, 0.2) is 0 Å². The van der Waals surface area contributed by atoms with Crippen molar-refractivity contribution >= 4 is 11.9 Å². The lowest BCUT2D eigenvalue weighted by molar-refractivity contribution is -0.189. The van der Waals surface area contributed by atoms with Crippen LogP contribution in [-0.2, 0) is 19.1 Å². The van der Waals surface area contributed by atoms with Gasteiger partial charge in [0, 0.05) is 13.8 Å². The molecule has 0 unspecified atom stereocenters. The summed E-state index contributed by atoms with van der Waals surface area (Å²) in [7, 11) is 0. The molecule has 0 N–H and O–H groups in total. The van der Waals surface area contributed by atoms with E-state index in [2.05, 4.69) is 4.74 Å². The monoisotopic (exact) mass is 188 g/mol. The van der Waals surface area contributed by atoms with Crippen molar-refractivity contribution in [3.63, 3.8) is 0 Å². The predicted octanol–water partition coefficient (Wildman–Crippen LogP) is 1.48. The molecule has 13 heavy (non-hydrogen) atoms. The van der Waals surface area contributed by atoms with Gasteiger partial charge >= 0.3 is 11.9 Å². The minimum atomic E-state index is -0.816. The molecule has 0 radical (unpaired) electrons. The van der Waals surface area contributed by atoms with Gasteiger partial charge < -0.3 is 9.47 Å². The van der Waals surface area contributed by atoms with E-state index in [1.54, 1.807) is 20.8 Å². The molecular weight excluding hydrogens is 172 g/mol. The number of hydrogen-bond donors (Lipinski definition) is 0. The summed E-state index contributed by atoms with van der Waals surface area (Å²) >= 11 is 0. The van der Waals surface area contributed by atoms with E-state index in [-0.39, 0.29) is 5.97 Å². The number of carbonyl (C=O) groups is 2. The third-order valence-electron chi connectivity index (χ3n) is 1.22. The molecule has 0 saturated heterocycles. The molecular formula is C9H16O4. The molecule has 0 aromatic heterocycles. The van der Waals surface area contributed by atoms with E-state index in [1.807, 2.05) is 0 Å². The second-order valence-electron chi connectivity index (χ2n) is 3.83. The molecule has 4 heteroatoms. The van der Waals surface area contributed by atoms with Gasteiger partial charge in [0.2, 0.25) is 6.29 Å². The zero-order valence-corrected chi connectivity index (χ0v) is 8.71. The maximum Gasteiger partial charge on any atom is 0.314 e. The second-order valence-corrected chi connectivity index (χ2v) is 3.83. The topological polar surface area (TPSA) is 52.6 Å². The minimum Gasteiger partial charge on any atom is -0.426 e. The molecule has 0 amide bonds. The highest BCUT2D eigenvalue weighted by molar-refractivity contribution is 5.75. The molecule has 0 fully saturated rings. The van der Waals surface area contributed by atoms with Crippen molar-refractivity contribution in [3.05, 3.63) is 0 Å². The Kier molecular flexibility index (Phi) is 3.91. The summed E-state index contributed by atoms with van der Waals surface area (Å²) in [4.78, 5) is 21.7. The second kappa shape index (κ2) is 4.25. The third kappa shape index (κ3) is 5.22. The Morgan fingerprint density at radius 3 is 1.92 bits per heavy atom. The Labute approximate surface area is 78.2 Å². The molecule has 0 rings (SSSR count). The highest BCUT2D eigenvalue weighted by Crippen LogP contribution is 2.16. The summed E-state index contributed by atoms with van der Waals surface area (Å²) in [5, 5.41) is 0. The molecule has 0 aliphatic carbocycles. The van der Waals surface area contributed by atoms with Gasteiger partial charge in [0.25, 0.3) is 0 Å². The van der Waals surface area contributed by atoms with Crippen LogP contribution in [0.25, 0.3) is 0 Å². The SMILES string of the molecule is CC(=O)O[C@@H](C)OC(=O)C(C)(C)C. The normalized spacial score (nSPS) is 13.3. The van der Waals surface area contributed by atoms with Crippen LogP contribution in [0.1, 0.15) is 34.6 Å². The Bertz CT molecular complexity index is 202. The van der Waals surface area contributed by atoms with Crippen LogP contribution in [0, 0.1) is 5.41 Å². The molecule has 0 bridgehead atoms. The molecule has 0 heterocycles. The van der Waals surface area contributed by atoms with Crippen LogP contribution in [0.15, 0.2) is 0 Å². The maximum atomic E-state index is 11.2. The standard InChI is InChI=1S/C9H16O4/c1-6(10)12-7(2)13-8(11)9(3,4)5/h7H,1-5H3/t7-/m1/s1. The molecule has 0 aliphatic rings. The molecule has 1 atom stereocenters. The average molecular weight is 188 g/mol. The van der Waals surface area contributed by atoms with E-state index >= 15 is 0 Å². The van der Waals surface area contributed by atoms with Gasteiger partial charge in [-0.25, -0.2) is 0 Å². The number of rotatable bonds is 2. The van der Waals surface area contributed by atoms with Gasteiger partial charge in [0.1, 0.15) is 0 Å². The Hall–Kier alpha value is -1.06. The average Bonchev–Trinajstić information content (AvgIpc) is 1.82. The van der Waals surface area contributed by atoms with Gasteiger partial charge in [-0.15, -0.1) is 0 Å². The van der Waals surface area contributed by atoms with Crippen LogP contribution in [0.5, 0.6) is 0 Å². The lowest BCUT2D eigenvalue weighted by Crippen LogP contribution is -2.29. The fourth-order valence-electron chi connectivity index (χ4n) is 0.585. The van der Waals surface area contributed by atoms with E-state index in [9.17, 15) is 9.59 Å². The quantitative estimate of drug-likeness (QED) is 0.486. The van der Waals surface area contributed by atoms with E-state index in [0.717, 1.165) is 0 Å². The summed E-state index contributed by atoms with van der Waals surface area (Å²) in [5.74, 6) is -0.851. The van der Waals surface area contributed by atoms with Crippen molar-refractivity contribution in [1.82, 2.24) is 0 Å². The van der Waals surface area contributed by atoms with Crippen molar-refractivity contribution in [2.75, 3.05) is 0 Å². The molecule has 0 aliphatic heterocycles. The van der Waals surface area contributed by atoms with Gasteiger partial charge in [0.05, 0.1) is 5.41 Å². The van der Waals surface area contributed by atoms with Crippen molar-refractivity contribution < 1.29 is 19.1 Å². The Balaban J connectivity index is 4.00. The van der Waals surface area contributed by atoms with Crippen molar-refractivity contribution in [2.24, 2.45) is 5.41 Å². The van der Waals surface area contributed by atoms with Gasteiger partial charge in [-0.2, -0.15) is 0 Å². The Morgan fingerprint density at radius 2 is 1.62 bits per heavy atom. The molecule has 0 spiro atoms. The maximum absolute atomic E-state index is 11.2. The molecule has 0 aromatic carbocycles. The largest absolute Gasteiger partial charge is 0.426 e. The summed E-state index contributed by atoms with van der Waals surface area (Å²) in [6.45, 7) is 7.97. The highest BCUT2D eigenvalue weighted by Gasteiger charge is 2.25. The lowest BCUT2D eigenvalue weighted by atomic mass is 9.97. The first-order chi connectivity index (χ1) is 5.73. The zero-order valence-electron chi connectivity index (χ0n) is 8.71. The minimum absolute atomic E-state index is 0.388. The van der Waals surface area contributed by atoms with E-state index in [4.69, 9.17) is 4.74 Å². The third-order valence-corrected chi connectivity index (χ3v) is 1.22. The first-order valence-corrected chi connectivity index (χ1v) is 4.12. The molecule has 0 aromatic rings. The van der Waals surface area contributed by atoms with E-state index < -0.39 is 17.7 Å². The van der Waals surface area contributed by atoms with Crippen molar-refractivity contribution in [3.8, 4) is 0 Å². The van der Waals surface area contributed by atoms with Crippen LogP contribution >= 0.6 is 0 Å². The Morgan fingerprint density at radius 1 is 1.15 bits per heavy atom. The van der Waals surface area contributed by atoms with Gasteiger partial charge in [-0.1, -0.05) is 0 Å². The van der Waals surface area contributed by atoms with Crippen LogP contribution in [0.4, 0.5) is 0 Å². The molecule has 76 valence electrons. The lowest BCUT2D eigenvalue weighted by Gasteiger charge is -2.20. The van der Waals surface area contributed by atoms with Gasteiger partial charge in [-0.3, -0.25) is 9.59 Å². The van der Waals surface area contributed by atoms with E-state index in [0.29, 0.717) is 0 Å².